The summed E-state index contributed by atoms with van der Waals surface area (Å²) in [5.74, 6) is 0.330. The van der Waals surface area contributed by atoms with E-state index in [2.05, 4.69) is 4.98 Å². The number of aliphatic hydroxyl groups excluding tert-OH is 1. The van der Waals surface area contributed by atoms with Crippen molar-refractivity contribution in [1.29, 1.82) is 0 Å². The molecule has 2 aliphatic heterocycles. The molecule has 1 saturated heterocycles. The number of anilines is 1. The van der Waals surface area contributed by atoms with Crippen LogP contribution in [0.2, 0.25) is 0 Å². The number of aromatic nitrogens is 1. The number of nitrogens with zero attached hydrogens (tertiary/aromatic N) is 2. The Balaban J connectivity index is 1.51. The molecule has 0 radical (unpaired) electrons. The first kappa shape index (κ1) is 24.9. The predicted molar refractivity (Wildman–Crippen MR) is 149 cm³/mol. The number of fused-ring (bicyclic) bond motifs is 2. The van der Waals surface area contributed by atoms with Crippen LogP contribution < -0.4 is 19.1 Å². The zero-order valence-electron chi connectivity index (χ0n) is 21.6. The number of aliphatic hydroxyl groups is 1. The molecular weight excluding hydrogens is 516 g/mol. The molecule has 9 heteroatoms. The minimum absolute atomic E-state index is 0.00732. The highest BCUT2D eigenvalue weighted by atomic mass is 32.1. The molecule has 39 heavy (non-hydrogen) atoms. The topological polar surface area (TPSA) is 98.2 Å². The van der Waals surface area contributed by atoms with Gasteiger partial charge in [0, 0.05) is 12.0 Å². The standard InChI is InChI=1S/C30H26N2O6S/c1-4-37-20-8-5-17(6-9-20)26-25(27(33)18-7-12-23-19(14-18)13-16(2)38-23)28(34)29(35)32(26)30-31-22-11-10-21(36-3)15-24(22)39-30/h5-12,14-16,26,33H,4,13H2,1-3H3/t16-,26-/m1/s1. The Labute approximate surface area is 229 Å². The van der Waals surface area contributed by atoms with Gasteiger partial charge in [-0.25, -0.2) is 4.98 Å². The summed E-state index contributed by atoms with van der Waals surface area (Å²) in [6.07, 6.45) is 0.729. The summed E-state index contributed by atoms with van der Waals surface area (Å²) in [5, 5.41) is 11.9. The summed E-state index contributed by atoms with van der Waals surface area (Å²) in [5.41, 5.74) is 2.73. The van der Waals surface area contributed by atoms with Crippen LogP contribution in [0.5, 0.6) is 17.2 Å². The lowest BCUT2D eigenvalue weighted by Gasteiger charge is -2.23. The number of methoxy groups -OCH3 is 1. The van der Waals surface area contributed by atoms with Gasteiger partial charge in [-0.1, -0.05) is 23.5 Å². The summed E-state index contributed by atoms with van der Waals surface area (Å²) < 4.78 is 17.5. The van der Waals surface area contributed by atoms with E-state index in [4.69, 9.17) is 14.2 Å². The van der Waals surface area contributed by atoms with Crippen LogP contribution in [0.15, 0.2) is 66.2 Å². The first-order chi connectivity index (χ1) is 18.9. The second-order valence-electron chi connectivity index (χ2n) is 9.46. The van der Waals surface area contributed by atoms with Crippen LogP contribution in [-0.4, -0.2) is 41.6 Å². The molecule has 198 valence electrons. The van der Waals surface area contributed by atoms with Crippen molar-refractivity contribution in [3.8, 4) is 17.2 Å². The molecule has 4 aromatic rings. The van der Waals surface area contributed by atoms with Crippen molar-refractivity contribution in [3.63, 3.8) is 0 Å². The maximum atomic E-state index is 13.6. The van der Waals surface area contributed by atoms with Gasteiger partial charge in [-0.15, -0.1) is 0 Å². The fourth-order valence-electron chi connectivity index (χ4n) is 5.11. The third-order valence-electron chi connectivity index (χ3n) is 6.91. The first-order valence-corrected chi connectivity index (χ1v) is 13.5. The van der Waals surface area contributed by atoms with Crippen molar-refractivity contribution in [2.24, 2.45) is 0 Å². The number of thiazole rings is 1. The van der Waals surface area contributed by atoms with E-state index in [9.17, 15) is 14.7 Å². The molecule has 2 aliphatic rings. The number of hydrogen-bond donors (Lipinski definition) is 1. The monoisotopic (exact) mass is 542 g/mol. The zero-order valence-corrected chi connectivity index (χ0v) is 22.5. The number of rotatable bonds is 6. The number of carbonyl (C=O) groups is 2. The summed E-state index contributed by atoms with van der Waals surface area (Å²) >= 11 is 1.28. The molecule has 2 atom stereocenters. The summed E-state index contributed by atoms with van der Waals surface area (Å²) in [6, 6.07) is 17.1. The van der Waals surface area contributed by atoms with Gasteiger partial charge in [-0.05, 0) is 73.5 Å². The lowest BCUT2D eigenvalue weighted by molar-refractivity contribution is -0.132. The predicted octanol–water partition coefficient (Wildman–Crippen LogP) is 5.65. The molecule has 1 fully saturated rings. The van der Waals surface area contributed by atoms with Gasteiger partial charge in [0.2, 0.25) is 0 Å². The van der Waals surface area contributed by atoms with Crippen molar-refractivity contribution in [2.75, 3.05) is 18.6 Å². The van der Waals surface area contributed by atoms with Crippen molar-refractivity contribution >= 4 is 44.1 Å². The van der Waals surface area contributed by atoms with Crippen LogP contribution in [0.25, 0.3) is 16.0 Å². The van der Waals surface area contributed by atoms with E-state index in [0.717, 1.165) is 16.0 Å². The van der Waals surface area contributed by atoms with Crippen LogP contribution in [0.4, 0.5) is 5.13 Å². The Morgan fingerprint density at radius 2 is 1.87 bits per heavy atom. The van der Waals surface area contributed by atoms with Crippen LogP contribution in [0, 0.1) is 0 Å². The number of Topliss-reactive ketones (excluding diaryl/α,β-unsaturated/α-hetero) is 1. The zero-order chi connectivity index (χ0) is 27.3. The van der Waals surface area contributed by atoms with Crippen molar-refractivity contribution < 1.29 is 28.9 Å². The molecule has 0 bridgehead atoms. The molecule has 0 unspecified atom stereocenters. The maximum Gasteiger partial charge on any atom is 0.301 e. The Hall–Kier alpha value is -4.37. The van der Waals surface area contributed by atoms with E-state index in [1.54, 1.807) is 49.6 Å². The quantitative estimate of drug-likeness (QED) is 0.191. The molecule has 3 aromatic carbocycles. The van der Waals surface area contributed by atoms with Gasteiger partial charge >= 0.3 is 5.91 Å². The molecule has 0 spiro atoms. The second kappa shape index (κ2) is 9.74. The van der Waals surface area contributed by atoms with E-state index in [0.29, 0.717) is 46.3 Å². The van der Waals surface area contributed by atoms with Crippen molar-refractivity contribution in [2.45, 2.75) is 32.4 Å². The SMILES string of the molecule is CCOc1ccc([C@@H]2C(=C(O)c3ccc4c(c3)C[C@@H](C)O4)C(=O)C(=O)N2c2nc3ccc(OC)cc3s2)cc1. The lowest BCUT2D eigenvalue weighted by Crippen LogP contribution is -2.29. The fraction of sp³-hybridized carbons (Fsp3) is 0.233. The maximum absolute atomic E-state index is 13.6. The lowest BCUT2D eigenvalue weighted by atomic mass is 9.94. The molecule has 3 heterocycles. The van der Waals surface area contributed by atoms with E-state index in [1.807, 2.05) is 32.0 Å². The third-order valence-corrected chi connectivity index (χ3v) is 7.93. The van der Waals surface area contributed by atoms with Gasteiger partial charge in [0.05, 0.1) is 35.5 Å². The van der Waals surface area contributed by atoms with Gasteiger partial charge < -0.3 is 19.3 Å². The number of amides is 1. The minimum atomic E-state index is -0.883. The normalized spacial score (nSPS) is 19.8. The van der Waals surface area contributed by atoms with Crippen molar-refractivity contribution in [3.05, 3.63) is 82.9 Å². The Morgan fingerprint density at radius 3 is 2.62 bits per heavy atom. The molecule has 0 saturated carbocycles. The molecule has 8 nitrogen and oxygen atoms in total. The van der Waals surface area contributed by atoms with Crippen LogP contribution in [-0.2, 0) is 16.0 Å². The average molecular weight is 543 g/mol. The molecule has 1 aromatic heterocycles. The number of benzene rings is 3. The smallest absolute Gasteiger partial charge is 0.301 e. The van der Waals surface area contributed by atoms with Gasteiger partial charge in [-0.2, -0.15) is 0 Å². The van der Waals surface area contributed by atoms with Gasteiger partial charge in [0.1, 0.15) is 29.1 Å². The summed E-state index contributed by atoms with van der Waals surface area (Å²) in [6.45, 7) is 4.38. The molecule has 0 aliphatic carbocycles. The van der Waals surface area contributed by atoms with Crippen LogP contribution in [0.1, 0.15) is 36.6 Å². The second-order valence-corrected chi connectivity index (χ2v) is 10.5. The Bertz CT molecular complexity index is 1640. The van der Waals surface area contributed by atoms with E-state index < -0.39 is 17.7 Å². The Kier molecular flexibility index (Phi) is 6.23. The number of carbonyl (C=O) groups excluding carboxylic acids is 2. The third kappa shape index (κ3) is 4.28. The molecule has 1 N–H and O–H groups in total. The largest absolute Gasteiger partial charge is 0.507 e. The summed E-state index contributed by atoms with van der Waals surface area (Å²) in [4.78, 5) is 33.2. The number of hydrogen-bond acceptors (Lipinski definition) is 8. The van der Waals surface area contributed by atoms with Crippen molar-refractivity contribution in [1.82, 2.24) is 4.98 Å². The molecule has 1 amide bonds. The highest BCUT2D eigenvalue weighted by Gasteiger charge is 2.48. The number of ether oxygens (including phenoxy) is 3. The minimum Gasteiger partial charge on any atom is -0.507 e. The first-order valence-electron chi connectivity index (χ1n) is 12.7. The van der Waals surface area contributed by atoms with E-state index in [-0.39, 0.29) is 17.4 Å². The van der Waals surface area contributed by atoms with Crippen LogP contribution >= 0.6 is 11.3 Å². The fourth-order valence-corrected chi connectivity index (χ4v) is 6.13. The van der Waals surface area contributed by atoms with Gasteiger partial charge in [-0.3, -0.25) is 14.5 Å². The van der Waals surface area contributed by atoms with E-state index >= 15 is 0 Å². The van der Waals surface area contributed by atoms with E-state index in [1.165, 1.54) is 16.2 Å². The van der Waals surface area contributed by atoms with Gasteiger partial charge in [0.15, 0.2) is 5.13 Å². The van der Waals surface area contributed by atoms with Gasteiger partial charge in [0.25, 0.3) is 5.78 Å². The number of ketones is 1. The average Bonchev–Trinajstić information content (AvgIpc) is 3.60. The molecule has 6 rings (SSSR count). The Morgan fingerprint density at radius 1 is 1.10 bits per heavy atom. The highest BCUT2D eigenvalue weighted by molar-refractivity contribution is 7.22. The summed E-state index contributed by atoms with van der Waals surface area (Å²) in [7, 11) is 1.58. The van der Waals surface area contributed by atoms with Crippen LogP contribution in [0.3, 0.4) is 0 Å². The molecular formula is C30H26N2O6S. The highest BCUT2D eigenvalue weighted by Crippen LogP contribution is 2.45.